The zero-order valence-electron chi connectivity index (χ0n) is 31.8. The van der Waals surface area contributed by atoms with Crippen molar-refractivity contribution >= 4 is 6.09 Å². The van der Waals surface area contributed by atoms with Gasteiger partial charge in [-0.15, -0.1) is 0 Å². The molecule has 0 radical (unpaired) electrons. The lowest BCUT2D eigenvalue weighted by Gasteiger charge is -2.14. The number of carbonyl (C=O) groups excluding carboxylic acids is 1. The Morgan fingerprint density at radius 3 is 1.15 bits per heavy atom. The van der Waals surface area contributed by atoms with Crippen LogP contribution in [0.2, 0.25) is 0 Å². The number of rotatable bonds is 36. The molecule has 1 N–H and O–H groups in total. The highest BCUT2D eigenvalue weighted by molar-refractivity contribution is 5.79. The topological polar surface area (TPSA) is 131 Å². The molecule has 13 nitrogen and oxygen atoms in total. The number of benzene rings is 2. The van der Waals surface area contributed by atoms with Gasteiger partial charge in [0.25, 0.3) is 0 Å². The number of fused-ring (bicyclic) bond motifs is 3. The number of unbranched alkanes of at least 4 members (excludes halogenated alkanes) is 1. The van der Waals surface area contributed by atoms with Gasteiger partial charge in [0.2, 0.25) is 0 Å². The van der Waals surface area contributed by atoms with E-state index < -0.39 is 6.09 Å². The molecule has 0 aliphatic heterocycles. The van der Waals surface area contributed by atoms with E-state index in [9.17, 15) is 4.79 Å². The second-order valence-corrected chi connectivity index (χ2v) is 12.1. The Labute approximate surface area is 316 Å². The van der Waals surface area contributed by atoms with Crippen LogP contribution in [0.25, 0.3) is 11.1 Å². The van der Waals surface area contributed by atoms with Crippen molar-refractivity contribution < 1.29 is 56.9 Å². The van der Waals surface area contributed by atoms with Crippen molar-refractivity contribution in [3.63, 3.8) is 0 Å². The standard InChI is InChI=1S/C40H63NO12/c1-2-3-14-43-16-18-45-20-22-47-24-26-49-28-30-51-32-33-52-31-29-50-27-25-48-23-21-46-19-17-44-15-8-13-41-40(42)53-34-39-37-11-6-4-9-35(37)36-10-5-7-12-38(36)39/h4-7,9-12,39H,2-3,8,13-34H2,1H3,(H,41,42). The van der Waals surface area contributed by atoms with Crippen LogP contribution in [0.3, 0.4) is 0 Å². The number of ether oxygens (including phenoxy) is 11. The van der Waals surface area contributed by atoms with Crippen molar-refractivity contribution in [3.05, 3.63) is 59.7 Å². The average molecular weight is 750 g/mol. The van der Waals surface area contributed by atoms with Crippen LogP contribution in [-0.2, 0) is 52.1 Å². The highest BCUT2D eigenvalue weighted by Crippen LogP contribution is 2.44. The number of hydrogen-bond acceptors (Lipinski definition) is 12. The minimum atomic E-state index is -0.413. The second kappa shape index (κ2) is 31.6. The van der Waals surface area contributed by atoms with Crippen LogP contribution in [0.15, 0.2) is 48.5 Å². The van der Waals surface area contributed by atoms with Crippen LogP contribution in [-0.4, -0.2) is 151 Å². The molecule has 0 unspecified atom stereocenters. The molecule has 1 aliphatic rings. The van der Waals surface area contributed by atoms with Gasteiger partial charge in [-0.2, -0.15) is 0 Å². The summed E-state index contributed by atoms with van der Waals surface area (Å²) in [5.41, 5.74) is 4.81. The van der Waals surface area contributed by atoms with Crippen molar-refractivity contribution in [1.29, 1.82) is 0 Å². The van der Waals surface area contributed by atoms with Gasteiger partial charge in [-0.05, 0) is 35.1 Å². The van der Waals surface area contributed by atoms with E-state index in [-0.39, 0.29) is 5.92 Å². The number of hydrogen-bond donors (Lipinski definition) is 1. The molecule has 2 aromatic rings. The van der Waals surface area contributed by atoms with E-state index >= 15 is 0 Å². The molecule has 0 fully saturated rings. The van der Waals surface area contributed by atoms with Crippen molar-refractivity contribution in [3.8, 4) is 11.1 Å². The Hall–Kier alpha value is -2.69. The molecule has 0 spiro atoms. The Balaban J connectivity index is 0.952. The summed E-state index contributed by atoms with van der Waals surface area (Å²) >= 11 is 0. The van der Waals surface area contributed by atoms with E-state index in [0.29, 0.717) is 145 Å². The highest BCUT2D eigenvalue weighted by Gasteiger charge is 2.28. The molecule has 0 saturated heterocycles. The minimum Gasteiger partial charge on any atom is -0.449 e. The maximum atomic E-state index is 12.3. The molecule has 13 heteroatoms. The Morgan fingerprint density at radius 1 is 0.472 bits per heavy atom. The lowest BCUT2D eigenvalue weighted by atomic mass is 9.98. The van der Waals surface area contributed by atoms with Crippen LogP contribution in [0.4, 0.5) is 4.79 Å². The van der Waals surface area contributed by atoms with Crippen molar-refractivity contribution in [2.45, 2.75) is 32.1 Å². The third-order valence-electron chi connectivity index (χ3n) is 8.07. The zero-order valence-corrected chi connectivity index (χ0v) is 31.8. The SMILES string of the molecule is CCCCOCCOCCOCCOCCOCCOCCOCCOCCOCCOCCCNC(=O)OCC1c2ccccc2-c2ccccc21. The van der Waals surface area contributed by atoms with Gasteiger partial charge in [0.15, 0.2) is 0 Å². The number of carbonyl (C=O) groups is 1. The quantitative estimate of drug-likeness (QED) is 0.0954. The van der Waals surface area contributed by atoms with Crippen LogP contribution in [0, 0.1) is 0 Å². The van der Waals surface area contributed by atoms with E-state index in [0.717, 1.165) is 19.4 Å². The van der Waals surface area contributed by atoms with E-state index in [1.807, 2.05) is 24.3 Å². The summed E-state index contributed by atoms with van der Waals surface area (Å²) in [6, 6.07) is 16.6. The van der Waals surface area contributed by atoms with Crippen LogP contribution in [0.5, 0.6) is 0 Å². The molecule has 3 rings (SSSR count). The van der Waals surface area contributed by atoms with Gasteiger partial charge >= 0.3 is 6.09 Å². The molecule has 0 aromatic heterocycles. The van der Waals surface area contributed by atoms with E-state index in [1.165, 1.54) is 22.3 Å². The van der Waals surface area contributed by atoms with Gasteiger partial charge in [0.1, 0.15) is 6.61 Å². The maximum Gasteiger partial charge on any atom is 0.407 e. The zero-order chi connectivity index (χ0) is 37.3. The predicted molar refractivity (Wildman–Crippen MR) is 201 cm³/mol. The minimum absolute atomic E-state index is 0.0515. The summed E-state index contributed by atoms with van der Waals surface area (Å²) in [6.07, 6.45) is 2.51. The fourth-order valence-electron chi connectivity index (χ4n) is 5.34. The van der Waals surface area contributed by atoms with Crippen LogP contribution in [0.1, 0.15) is 43.2 Å². The molecule has 300 valence electrons. The molecule has 53 heavy (non-hydrogen) atoms. The van der Waals surface area contributed by atoms with Crippen molar-refractivity contribution in [1.82, 2.24) is 5.32 Å². The summed E-state index contributed by atoms with van der Waals surface area (Å²) < 4.78 is 60.5. The largest absolute Gasteiger partial charge is 0.449 e. The van der Waals surface area contributed by atoms with Gasteiger partial charge in [-0.25, -0.2) is 4.79 Å². The van der Waals surface area contributed by atoms with Crippen LogP contribution < -0.4 is 5.32 Å². The molecule has 2 aromatic carbocycles. The lowest BCUT2D eigenvalue weighted by molar-refractivity contribution is -0.0264. The van der Waals surface area contributed by atoms with E-state index in [4.69, 9.17) is 52.1 Å². The molecule has 0 heterocycles. The summed E-state index contributed by atoms with van der Waals surface area (Å²) in [7, 11) is 0. The number of amides is 1. The monoisotopic (exact) mass is 749 g/mol. The molecular weight excluding hydrogens is 686 g/mol. The third-order valence-corrected chi connectivity index (χ3v) is 8.07. The predicted octanol–water partition coefficient (Wildman–Crippen LogP) is 4.88. The number of alkyl carbamates (subject to hydrolysis) is 1. The Kier molecular flexibility index (Phi) is 26.7. The average Bonchev–Trinajstić information content (AvgIpc) is 3.50. The lowest BCUT2D eigenvalue weighted by Crippen LogP contribution is -2.27. The first kappa shape index (κ1) is 44.7. The van der Waals surface area contributed by atoms with Gasteiger partial charge < -0.3 is 57.4 Å². The van der Waals surface area contributed by atoms with E-state index in [1.54, 1.807) is 0 Å². The van der Waals surface area contributed by atoms with Crippen molar-refractivity contribution in [2.75, 3.05) is 145 Å². The smallest absolute Gasteiger partial charge is 0.407 e. The fraction of sp³-hybridized carbons (Fsp3) is 0.675. The summed E-state index contributed by atoms with van der Waals surface area (Å²) in [5, 5.41) is 2.81. The fourth-order valence-corrected chi connectivity index (χ4v) is 5.34. The summed E-state index contributed by atoms with van der Waals surface area (Å²) in [5.74, 6) is 0.0515. The molecular formula is C40H63NO12. The second-order valence-electron chi connectivity index (χ2n) is 12.1. The van der Waals surface area contributed by atoms with Gasteiger partial charge in [-0.1, -0.05) is 61.9 Å². The maximum absolute atomic E-state index is 12.3. The summed E-state index contributed by atoms with van der Waals surface area (Å²) in [4.78, 5) is 12.3. The van der Waals surface area contributed by atoms with Gasteiger partial charge in [0.05, 0.1) is 119 Å². The van der Waals surface area contributed by atoms with Gasteiger partial charge in [0, 0.05) is 25.7 Å². The highest BCUT2D eigenvalue weighted by atomic mass is 16.6. The normalized spacial score (nSPS) is 12.2. The third kappa shape index (κ3) is 21.1. The molecule has 0 bridgehead atoms. The molecule has 0 saturated carbocycles. The Bertz CT molecular complexity index is 1130. The first-order valence-electron chi connectivity index (χ1n) is 19.2. The number of nitrogens with one attached hydrogen (secondary N) is 1. The summed E-state index contributed by atoms with van der Waals surface area (Å²) in [6.45, 7) is 13.6. The van der Waals surface area contributed by atoms with Crippen LogP contribution >= 0.6 is 0 Å². The Morgan fingerprint density at radius 2 is 0.792 bits per heavy atom. The molecule has 1 aliphatic carbocycles. The molecule has 0 atom stereocenters. The molecule has 1 amide bonds. The first-order chi connectivity index (χ1) is 26.3. The first-order valence-corrected chi connectivity index (χ1v) is 19.2. The van der Waals surface area contributed by atoms with E-state index in [2.05, 4.69) is 36.5 Å². The van der Waals surface area contributed by atoms with Crippen molar-refractivity contribution in [2.24, 2.45) is 0 Å². The van der Waals surface area contributed by atoms with Gasteiger partial charge in [-0.3, -0.25) is 0 Å².